The molecule has 2 fully saturated rings. The van der Waals surface area contributed by atoms with Gasteiger partial charge in [-0.1, -0.05) is 49.7 Å². The monoisotopic (exact) mass is 829 g/mol. The van der Waals surface area contributed by atoms with Crippen molar-refractivity contribution < 1.29 is 33.4 Å². The minimum atomic E-state index is -0.634. The van der Waals surface area contributed by atoms with E-state index in [2.05, 4.69) is 33.9 Å². The highest BCUT2D eigenvalue weighted by Gasteiger charge is 2.40. The number of aromatic nitrogens is 2. The molecule has 15 heteroatoms. The number of halogens is 1. The number of carbonyl (C=O) groups excluding carboxylic acids is 4. The lowest BCUT2D eigenvalue weighted by Crippen LogP contribution is -2.52. The summed E-state index contributed by atoms with van der Waals surface area (Å²) in [6.45, 7) is 11.5. The summed E-state index contributed by atoms with van der Waals surface area (Å²) in [7, 11) is 2.01. The minimum absolute atomic E-state index is 0.115. The number of carbonyl (C=O) groups is 4. The highest BCUT2D eigenvalue weighted by Crippen LogP contribution is 2.44. The molecule has 59 heavy (non-hydrogen) atoms. The molecule has 14 nitrogen and oxygen atoms in total. The molecule has 0 bridgehead atoms. The van der Waals surface area contributed by atoms with Crippen LogP contribution < -0.4 is 10.2 Å². The first-order valence-corrected chi connectivity index (χ1v) is 21.3. The average Bonchev–Trinajstić information content (AvgIpc) is 3.73. The Hall–Kier alpha value is -4.47. The van der Waals surface area contributed by atoms with Crippen LogP contribution in [-0.4, -0.2) is 140 Å². The number of likely N-dealkylation sites (N-methyl/N-ethyl adjacent to an activating group) is 1. The SMILES string of the molecule is C[C@@H]1C[C@@H](C)c2c1ncnc2N1CCN(C(=O)[C@H](CN(C)CCOCCOCCOCCc2cccc3c2CN(C2CCC(=O)NC2=O)C3=O)c2ccc(Cl)cc2)CC1. The van der Waals surface area contributed by atoms with Gasteiger partial charge in [-0.2, -0.15) is 0 Å². The third kappa shape index (κ3) is 10.1. The molecule has 4 heterocycles. The Labute approximate surface area is 351 Å². The van der Waals surface area contributed by atoms with Gasteiger partial charge in [-0.3, -0.25) is 24.5 Å². The number of hydrogen-bond acceptors (Lipinski definition) is 11. The van der Waals surface area contributed by atoms with Crippen LogP contribution in [0.3, 0.4) is 0 Å². The Morgan fingerprint density at radius 2 is 1.63 bits per heavy atom. The zero-order valence-electron chi connectivity index (χ0n) is 34.4. The second-order valence-corrected chi connectivity index (χ2v) is 16.6. The van der Waals surface area contributed by atoms with Gasteiger partial charge in [0.25, 0.3) is 5.91 Å². The lowest BCUT2D eigenvalue weighted by Gasteiger charge is -2.38. The summed E-state index contributed by atoms with van der Waals surface area (Å²) in [6.07, 6.45) is 3.97. The second-order valence-electron chi connectivity index (χ2n) is 16.1. The maximum Gasteiger partial charge on any atom is 0.255 e. The molecule has 3 aromatic rings. The highest BCUT2D eigenvalue weighted by molar-refractivity contribution is 6.30. The molecular weight excluding hydrogens is 774 g/mol. The summed E-state index contributed by atoms with van der Waals surface area (Å²) in [5, 5.41) is 2.99. The Morgan fingerprint density at radius 3 is 2.36 bits per heavy atom. The number of benzene rings is 2. The number of rotatable bonds is 18. The Balaban J connectivity index is 0.791. The smallest absolute Gasteiger partial charge is 0.255 e. The van der Waals surface area contributed by atoms with E-state index in [1.165, 1.54) is 5.56 Å². The number of imide groups is 1. The maximum atomic E-state index is 14.1. The van der Waals surface area contributed by atoms with Crippen LogP contribution in [0.25, 0.3) is 0 Å². The summed E-state index contributed by atoms with van der Waals surface area (Å²) < 4.78 is 17.4. The van der Waals surface area contributed by atoms with E-state index in [1.54, 1.807) is 17.3 Å². The lowest BCUT2D eigenvalue weighted by molar-refractivity contribution is -0.137. The van der Waals surface area contributed by atoms with Crippen LogP contribution in [0.1, 0.15) is 89.2 Å². The van der Waals surface area contributed by atoms with Crippen molar-refractivity contribution in [2.75, 3.05) is 90.9 Å². The Kier molecular flexibility index (Phi) is 14.3. The first-order chi connectivity index (χ1) is 28.6. The molecule has 316 valence electrons. The predicted molar refractivity (Wildman–Crippen MR) is 223 cm³/mol. The number of amides is 4. The summed E-state index contributed by atoms with van der Waals surface area (Å²) in [5.74, 6) is 0.778. The molecule has 3 aliphatic heterocycles. The number of piperidine rings is 1. The second kappa shape index (κ2) is 19.7. The molecule has 2 saturated heterocycles. The van der Waals surface area contributed by atoms with E-state index in [0.29, 0.717) is 108 Å². The highest BCUT2D eigenvalue weighted by atomic mass is 35.5. The predicted octanol–water partition coefficient (Wildman–Crippen LogP) is 4.16. The normalized spacial score (nSPS) is 20.9. The average molecular weight is 830 g/mol. The lowest BCUT2D eigenvalue weighted by atomic mass is 9.96. The van der Waals surface area contributed by atoms with Crippen LogP contribution in [0.2, 0.25) is 5.02 Å². The van der Waals surface area contributed by atoms with Crippen molar-refractivity contribution in [2.45, 2.75) is 69.9 Å². The molecule has 4 aliphatic rings. The molecule has 0 radical (unpaired) electrons. The van der Waals surface area contributed by atoms with E-state index in [1.807, 2.05) is 48.3 Å². The van der Waals surface area contributed by atoms with Crippen molar-refractivity contribution in [2.24, 2.45) is 0 Å². The fraction of sp³-hybridized carbons (Fsp3) is 0.545. The number of anilines is 1. The van der Waals surface area contributed by atoms with E-state index in [4.69, 9.17) is 30.8 Å². The first-order valence-electron chi connectivity index (χ1n) is 20.9. The van der Waals surface area contributed by atoms with E-state index < -0.39 is 11.9 Å². The summed E-state index contributed by atoms with van der Waals surface area (Å²) in [5.41, 5.74) is 5.91. The number of nitrogens with one attached hydrogen (secondary N) is 1. The zero-order chi connectivity index (χ0) is 41.5. The Bertz CT molecular complexity index is 1970. The molecule has 7 rings (SSSR count). The number of fused-ring (bicyclic) bond motifs is 2. The van der Waals surface area contributed by atoms with Crippen molar-refractivity contribution in [3.8, 4) is 0 Å². The summed E-state index contributed by atoms with van der Waals surface area (Å²) in [4.78, 5) is 68.6. The van der Waals surface area contributed by atoms with Gasteiger partial charge in [0.1, 0.15) is 18.2 Å². The van der Waals surface area contributed by atoms with Crippen LogP contribution in [0.4, 0.5) is 5.82 Å². The van der Waals surface area contributed by atoms with Gasteiger partial charge in [-0.15, -0.1) is 0 Å². The van der Waals surface area contributed by atoms with Gasteiger partial charge in [0, 0.05) is 68.4 Å². The van der Waals surface area contributed by atoms with Gasteiger partial charge >= 0.3 is 0 Å². The molecule has 1 aliphatic carbocycles. The topological polar surface area (TPSA) is 147 Å². The molecule has 4 atom stereocenters. The van der Waals surface area contributed by atoms with Crippen molar-refractivity contribution in [3.05, 3.63) is 87.3 Å². The van der Waals surface area contributed by atoms with Gasteiger partial charge < -0.3 is 33.8 Å². The van der Waals surface area contributed by atoms with Gasteiger partial charge in [-0.25, -0.2) is 9.97 Å². The fourth-order valence-electron chi connectivity index (χ4n) is 8.89. The molecule has 0 saturated carbocycles. The van der Waals surface area contributed by atoms with Gasteiger partial charge in [0.2, 0.25) is 17.7 Å². The third-order valence-corrected chi connectivity index (χ3v) is 12.3. The van der Waals surface area contributed by atoms with Crippen LogP contribution in [0, 0.1) is 0 Å². The molecule has 0 spiro atoms. The van der Waals surface area contributed by atoms with E-state index in [9.17, 15) is 19.2 Å². The summed E-state index contributed by atoms with van der Waals surface area (Å²) in [6, 6.07) is 12.6. The van der Waals surface area contributed by atoms with E-state index in [-0.39, 0.29) is 30.1 Å². The largest absolute Gasteiger partial charge is 0.379 e. The maximum absolute atomic E-state index is 14.1. The van der Waals surface area contributed by atoms with Crippen molar-refractivity contribution in [3.63, 3.8) is 0 Å². The number of ether oxygens (including phenoxy) is 3. The van der Waals surface area contributed by atoms with Gasteiger partial charge in [0.15, 0.2) is 0 Å². The van der Waals surface area contributed by atoms with Gasteiger partial charge in [-0.05, 0) is 73.0 Å². The molecule has 4 amide bonds. The number of hydrogen-bond donors (Lipinski definition) is 1. The Morgan fingerprint density at radius 1 is 0.915 bits per heavy atom. The number of nitrogens with zero attached hydrogens (tertiary/aromatic N) is 6. The summed E-state index contributed by atoms with van der Waals surface area (Å²) >= 11 is 6.23. The van der Waals surface area contributed by atoms with Crippen LogP contribution in [0.5, 0.6) is 0 Å². The zero-order valence-corrected chi connectivity index (χ0v) is 35.1. The van der Waals surface area contributed by atoms with Crippen LogP contribution >= 0.6 is 11.6 Å². The van der Waals surface area contributed by atoms with Crippen LogP contribution in [-0.2, 0) is 41.6 Å². The number of piperazine rings is 1. The third-order valence-electron chi connectivity index (χ3n) is 12.1. The van der Waals surface area contributed by atoms with Gasteiger partial charge in [0.05, 0.1) is 51.3 Å². The molecule has 2 aromatic carbocycles. The standard InChI is InChI=1S/C44H56ClN7O7/c1-29-25-30(2)40-39(29)41(47-28-46-40)50-14-16-51(17-15-50)43(55)36(32-7-9-33(45)10-8-32)26-49(3)18-20-58-22-24-59-23-21-57-19-13-31-5-4-6-34-35(31)27-52(44(34)56)37-11-12-38(53)48-42(37)54/h4-10,28-30,36-37H,11-27H2,1-3H3,(H,48,53,54)/t29-,30-,36-,37?/m1/s1. The quantitative estimate of drug-likeness (QED) is 0.146. The van der Waals surface area contributed by atoms with Crippen LogP contribution in [0.15, 0.2) is 48.8 Å². The molecule has 1 aromatic heterocycles. The van der Waals surface area contributed by atoms with Crippen molar-refractivity contribution >= 4 is 41.0 Å². The molecular formula is C44H56ClN7O7. The first kappa shape index (κ1) is 42.6. The van der Waals surface area contributed by atoms with E-state index in [0.717, 1.165) is 47.7 Å². The fourth-order valence-corrected chi connectivity index (χ4v) is 9.01. The molecule has 1 unspecified atom stereocenters. The van der Waals surface area contributed by atoms with Crippen molar-refractivity contribution in [1.82, 2.24) is 30.0 Å². The minimum Gasteiger partial charge on any atom is -0.379 e. The van der Waals surface area contributed by atoms with Crippen molar-refractivity contribution in [1.29, 1.82) is 0 Å². The van der Waals surface area contributed by atoms with E-state index >= 15 is 0 Å². The molecule has 1 N–H and O–H groups in total.